The molecule has 3 atom stereocenters. The second kappa shape index (κ2) is 4.07. The number of carbonyl (C=O) groups excluding carboxylic acids is 1. The Balaban J connectivity index is 1.70. The summed E-state index contributed by atoms with van der Waals surface area (Å²) in [5.74, 6) is 0.536. The maximum absolute atomic E-state index is 12.2. The van der Waals surface area contributed by atoms with Crippen molar-refractivity contribution in [3.05, 3.63) is 24.0 Å². The SMILES string of the molecule is C[C@@H]1C[C@H]2CN(C(=O)c3ccnnc3)C[C@H]2O1. The standard InChI is InChI=1S/C12H15N3O2/c1-8-4-10-6-15(7-11(10)17-8)12(16)9-2-3-13-14-5-9/h2-3,5,8,10-11H,4,6-7H2,1H3/t8-,10+,11-/m1/s1. The highest BCUT2D eigenvalue weighted by atomic mass is 16.5. The number of likely N-dealkylation sites (tertiary alicyclic amines) is 1. The third-order valence-corrected chi connectivity index (χ3v) is 3.54. The molecule has 0 spiro atoms. The molecule has 0 bridgehead atoms. The smallest absolute Gasteiger partial charge is 0.255 e. The zero-order valence-electron chi connectivity index (χ0n) is 9.74. The van der Waals surface area contributed by atoms with E-state index in [2.05, 4.69) is 17.1 Å². The van der Waals surface area contributed by atoms with Crippen molar-refractivity contribution >= 4 is 5.91 Å². The summed E-state index contributed by atoms with van der Waals surface area (Å²) in [6, 6.07) is 1.70. The quantitative estimate of drug-likeness (QED) is 0.717. The van der Waals surface area contributed by atoms with Crippen molar-refractivity contribution in [2.24, 2.45) is 5.92 Å². The van der Waals surface area contributed by atoms with Gasteiger partial charge in [0.05, 0.1) is 30.2 Å². The minimum Gasteiger partial charge on any atom is -0.373 e. The van der Waals surface area contributed by atoms with Crippen LogP contribution in [0.15, 0.2) is 18.5 Å². The molecule has 0 unspecified atom stereocenters. The third-order valence-electron chi connectivity index (χ3n) is 3.54. The molecule has 1 aromatic heterocycles. The van der Waals surface area contributed by atoms with Gasteiger partial charge < -0.3 is 9.64 Å². The minimum atomic E-state index is 0.0329. The van der Waals surface area contributed by atoms with Crippen LogP contribution in [0.5, 0.6) is 0 Å². The summed E-state index contributed by atoms with van der Waals surface area (Å²) in [6.07, 6.45) is 4.68. The number of aromatic nitrogens is 2. The van der Waals surface area contributed by atoms with Gasteiger partial charge in [-0.05, 0) is 19.4 Å². The first-order chi connectivity index (χ1) is 8.24. The van der Waals surface area contributed by atoms with E-state index in [0.29, 0.717) is 24.1 Å². The molecule has 1 amide bonds. The Kier molecular flexibility index (Phi) is 2.55. The molecule has 0 N–H and O–H groups in total. The highest BCUT2D eigenvalue weighted by molar-refractivity contribution is 5.94. The van der Waals surface area contributed by atoms with E-state index < -0.39 is 0 Å². The van der Waals surface area contributed by atoms with Gasteiger partial charge in [0.2, 0.25) is 0 Å². The summed E-state index contributed by atoms with van der Waals surface area (Å²) in [5.41, 5.74) is 0.605. The van der Waals surface area contributed by atoms with Crippen molar-refractivity contribution in [1.82, 2.24) is 15.1 Å². The number of hydrogen-bond acceptors (Lipinski definition) is 4. The summed E-state index contributed by atoms with van der Waals surface area (Å²) in [4.78, 5) is 14.0. The third kappa shape index (κ3) is 1.91. The molecule has 5 nitrogen and oxygen atoms in total. The molecule has 0 aliphatic carbocycles. The molecule has 1 aromatic rings. The van der Waals surface area contributed by atoms with Gasteiger partial charge >= 0.3 is 0 Å². The molecular weight excluding hydrogens is 218 g/mol. The lowest BCUT2D eigenvalue weighted by molar-refractivity contribution is 0.0443. The van der Waals surface area contributed by atoms with Crippen LogP contribution < -0.4 is 0 Å². The highest BCUT2D eigenvalue weighted by Crippen LogP contribution is 2.33. The molecule has 2 aliphatic rings. The molecule has 0 aromatic carbocycles. The van der Waals surface area contributed by atoms with Crippen LogP contribution in [-0.2, 0) is 4.74 Å². The van der Waals surface area contributed by atoms with Gasteiger partial charge in [-0.25, -0.2) is 0 Å². The summed E-state index contributed by atoms with van der Waals surface area (Å²) < 4.78 is 5.78. The average Bonchev–Trinajstić information content (AvgIpc) is 2.86. The zero-order chi connectivity index (χ0) is 11.8. The van der Waals surface area contributed by atoms with Crippen molar-refractivity contribution in [2.75, 3.05) is 13.1 Å². The van der Waals surface area contributed by atoms with Crippen LogP contribution in [0.2, 0.25) is 0 Å². The number of fused-ring (bicyclic) bond motifs is 1. The van der Waals surface area contributed by atoms with E-state index in [9.17, 15) is 4.79 Å². The fraction of sp³-hybridized carbons (Fsp3) is 0.583. The van der Waals surface area contributed by atoms with Crippen molar-refractivity contribution in [1.29, 1.82) is 0 Å². The Bertz CT molecular complexity index is 409. The second-order valence-electron chi connectivity index (χ2n) is 4.82. The van der Waals surface area contributed by atoms with E-state index in [1.165, 1.54) is 6.20 Å². The van der Waals surface area contributed by atoms with E-state index in [1.807, 2.05) is 4.90 Å². The van der Waals surface area contributed by atoms with Crippen LogP contribution in [0.3, 0.4) is 0 Å². The maximum atomic E-state index is 12.2. The predicted molar refractivity (Wildman–Crippen MR) is 60.4 cm³/mol. The second-order valence-corrected chi connectivity index (χ2v) is 4.82. The predicted octanol–water partition coefficient (Wildman–Crippen LogP) is 0.726. The number of hydrogen-bond donors (Lipinski definition) is 0. The normalized spacial score (nSPS) is 31.6. The Morgan fingerprint density at radius 2 is 2.35 bits per heavy atom. The number of rotatable bonds is 1. The Labute approximate surface area is 99.8 Å². The fourth-order valence-corrected chi connectivity index (χ4v) is 2.77. The largest absolute Gasteiger partial charge is 0.373 e. The topological polar surface area (TPSA) is 55.3 Å². The van der Waals surface area contributed by atoms with Gasteiger partial charge in [0.15, 0.2) is 0 Å². The van der Waals surface area contributed by atoms with Crippen LogP contribution in [0.4, 0.5) is 0 Å². The molecule has 2 aliphatic heterocycles. The van der Waals surface area contributed by atoms with E-state index in [4.69, 9.17) is 4.74 Å². The monoisotopic (exact) mass is 233 g/mol. The molecule has 2 saturated heterocycles. The van der Waals surface area contributed by atoms with E-state index in [-0.39, 0.29) is 12.0 Å². The van der Waals surface area contributed by atoms with Gasteiger partial charge in [-0.15, -0.1) is 0 Å². The van der Waals surface area contributed by atoms with Gasteiger partial charge in [-0.2, -0.15) is 10.2 Å². The van der Waals surface area contributed by atoms with Crippen LogP contribution in [0, 0.1) is 5.92 Å². The van der Waals surface area contributed by atoms with Crippen LogP contribution >= 0.6 is 0 Å². The van der Waals surface area contributed by atoms with Crippen molar-refractivity contribution in [2.45, 2.75) is 25.6 Å². The zero-order valence-corrected chi connectivity index (χ0v) is 9.74. The molecule has 90 valence electrons. The summed E-state index contributed by atoms with van der Waals surface area (Å²) in [6.45, 7) is 3.60. The van der Waals surface area contributed by atoms with Crippen molar-refractivity contribution in [3.63, 3.8) is 0 Å². The summed E-state index contributed by atoms with van der Waals surface area (Å²) >= 11 is 0. The lowest BCUT2D eigenvalue weighted by Gasteiger charge is -2.17. The summed E-state index contributed by atoms with van der Waals surface area (Å²) in [7, 11) is 0. The molecule has 5 heteroatoms. The van der Waals surface area contributed by atoms with Gasteiger partial charge in [-0.1, -0.05) is 0 Å². The Morgan fingerprint density at radius 1 is 1.47 bits per heavy atom. The Hall–Kier alpha value is -1.49. The first-order valence-electron chi connectivity index (χ1n) is 5.95. The number of amides is 1. The molecule has 3 heterocycles. The van der Waals surface area contributed by atoms with Gasteiger partial charge in [0, 0.05) is 19.0 Å². The van der Waals surface area contributed by atoms with Crippen LogP contribution in [0.1, 0.15) is 23.7 Å². The first-order valence-corrected chi connectivity index (χ1v) is 5.95. The van der Waals surface area contributed by atoms with Crippen LogP contribution in [-0.4, -0.2) is 46.3 Å². The average molecular weight is 233 g/mol. The van der Waals surface area contributed by atoms with Crippen LogP contribution in [0.25, 0.3) is 0 Å². The first kappa shape index (κ1) is 10.7. The van der Waals surface area contributed by atoms with Crippen molar-refractivity contribution < 1.29 is 9.53 Å². The van der Waals surface area contributed by atoms with E-state index in [1.54, 1.807) is 12.3 Å². The molecule has 0 saturated carbocycles. The maximum Gasteiger partial charge on any atom is 0.255 e. The molecular formula is C12H15N3O2. The van der Waals surface area contributed by atoms with Gasteiger partial charge in [-0.3, -0.25) is 4.79 Å². The minimum absolute atomic E-state index is 0.0329. The molecule has 2 fully saturated rings. The van der Waals surface area contributed by atoms with E-state index in [0.717, 1.165) is 13.0 Å². The van der Waals surface area contributed by atoms with Gasteiger partial charge in [0.1, 0.15) is 0 Å². The lowest BCUT2D eigenvalue weighted by Crippen LogP contribution is -2.31. The molecule has 0 radical (unpaired) electrons. The number of carbonyl (C=O) groups is 1. The lowest BCUT2D eigenvalue weighted by atomic mass is 10.0. The Morgan fingerprint density at radius 3 is 3.06 bits per heavy atom. The number of nitrogens with zero attached hydrogens (tertiary/aromatic N) is 3. The van der Waals surface area contributed by atoms with Crippen molar-refractivity contribution in [3.8, 4) is 0 Å². The number of ether oxygens (including phenoxy) is 1. The van der Waals surface area contributed by atoms with E-state index >= 15 is 0 Å². The molecule has 17 heavy (non-hydrogen) atoms. The highest BCUT2D eigenvalue weighted by Gasteiger charge is 2.42. The fourth-order valence-electron chi connectivity index (χ4n) is 2.77. The van der Waals surface area contributed by atoms with Gasteiger partial charge in [0.25, 0.3) is 5.91 Å². The summed E-state index contributed by atoms with van der Waals surface area (Å²) in [5, 5.41) is 7.41. The molecule has 3 rings (SSSR count).